The van der Waals surface area contributed by atoms with Crippen LogP contribution >= 0.6 is 11.6 Å². The Kier molecular flexibility index (Phi) is 4.96. The summed E-state index contributed by atoms with van der Waals surface area (Å²) in [5, 5.41) is 0.323. The first-order chi connectivity index (χ1) is 12.6. The summed E-state index contributed by atoms with van der Waals surface area (Å²) in [5.41, 5.74) is 0.715. The second kappa shape index (κ2) is 6.94. The van der Waals surface area contributed by atoms with Gasteiger partial charge in [0, 0.05) is 11.8 Å². The molecule has 2 aromatic rings. The maximum absolute atomic E-state index is 14.3. The lowest BCUT2D eigenvalue weighted by molar-refractivity contribution is -0.133. The molecule has 9 heteroatoms. The van der Waals surface area contributed by atoms with Crippen LogP contribution in [0.15, 0.2) is 35.2 Å². The molecule has 0 aliphatic carbocycles. The Morgan fingerprint density at radius 1 is 1.11 bits per heavy atom. The zero-order valence-corrected chi connectivity index (χ0v) is 15.7. The van der Waals surface area contributed by atoms with Gasteiger partial charge in [0.1, 0.15) is 28.9 Å². The van der Waals surface area contributed by atoms with E-state index in [1.54, 1.807) is 6.07 Å². The lowest BCUT2D eigenvalue weighted by Gasteiger charge is -2.10. The average molecular weight is 415 g/mol. The molecular weight excluding hydrogens is 402 g/mol. The van der Waals surface area contributed by atoms with Gasteiger partial charge in [-0.2, -0.15) is 0 Å². The first kappa shape index (κ1) is 19.3. The van der Waals surface area contributed by atoms with Crippen LogP contribution in [0.1, 0.15) is 11.1 Å². The van der Waals surface area contributed by atoms with Crippen molar-refractivity contribution in [1.29, 1.82) is 0 Å². The molecule has 0 atom stereocenters. The van der Waals surface area contributed by atoms with E-state index < -0.39 is 32.3 Å². The molecule has 0 saturated carbocycles. The standard InChI is InChI=1S/C18H13ClF2O5S/c1-25-15-7-9(3-4-12(15)19)16-11(8-26-18(16)22)10-5-13(20)17(14(21)6-10)27(2,23)24/h3-7H,8H2,1-2H3. The molecule has 1 heterocycles. The van der Waals surface area contributed by atoms with Gasteiger partial charge in [-0.05, 0) is 35.4 Å². The van der Waals surface area contributed by atoms with E-state index in [-0.39, 0.29) is 23.3 Å². The number of benzene rings is 2. The molecule has 0 N–H and O–H groups in total. The van der Waals surface area contributed by atoms with Crippen molar-refractivity contribution in [2.45, 2.75) is 4.90 Å². The molecule has 0 radical (unpaired) electrons. The molecular formula is C18H13ClF2O5S. The molecule has 0 fully saturated rings. The minimum Gasteiger partial charge on any atom is -0.495 e. The summed E-state index contributed by atoms with van der Waals surface area (Å²) < 4.78 is 61.7. The van der Waals surface area contributed by atoms with Crippen molar-refractivity contribution in [3.8, 4) is 5.75 Å². The predicted octanol–water partition coefficient (Wildman–Crippen LogP) is 3.50. The van der Waals surface area contributed by atoms with Crippen molar-refractivity contribution >= 4 is 38.6 Å². The number of ether oxygens (including phenoxy) is 2. The first-order valence-electron chi connectivity index (χ1n) is 7.57. The Morgan fingerprint density at radius 3 is 2.30 bits per heavy atom. The summed E-state index contributed by atoms with van der Waals surface area (Å²) in [6.45, 7) is -0.212. The van der Waals surface area contributed by atoms with Crippen molar-refractivity contribution in [2.24, 2.45) is 0 Å². The molecule has 0 saturated heterocycles. The van der Waals surface area contributed by atoms with Gasteiger partial charge in [0.25, 0.3) is 0 Å². The van der Waals surface area contributed by atoms with E-state index in [0.717, 1.165) is 12.1 Å². The maximum Gasteiger partial charge on any atom is 0.339 e. The fourth-order valence-corrected chi connectivity index (χ4v) is 3.85. The Balaban J connectivity index is 2.21. The smallest absolute Gasteiger partial charge is 0.339 e. The second-order valence-corrected chi connectivity index (χ2v) is 8.18. The minimum absolute atomic E-state index is 0.00664. The summed E-state index contributed by atoms with van der Waals surface area (Å²) in [7, 11) is -2.69. The Hall–Kier alpha value is -2.45. The highest BCUT2D eigenvalue weighted by atomic mass is 35.5. The summed E-state index contributed by atoms with van der Waals surface area (Å²) in [5.74, 6) is -2.85. The van der Waals surface area contributed by atoms with Crippen LogP contribution in [-0.4, -0.2) is 34.4 Å². The molecule has 3 rings (SSSR count). The van der Waals surface area contributed by atoms with Gasteiger partial charge in [-0.3, -0.25) is 0 Å². The van der Waals surface area contributed by atoms with Gasteiger partial charge in [-0.25, -0.2) is 22.0 Å². The molecule has 5 nitrogen and oxygen atoms in total. The van der Waals surface area contributed by atoms with E-state index in [4.69, 9.17) is 21.1 Å². The number of hydrogen-bond donors (Lipinski definition) is 0. The van der Waals surface area contributed by atoms with Crippen LogP contribution in [0.3, 0.4) is 0 Å². The summed E-state index contributed by atoms with van der Waals surface area (Å²) in [6, 6.07) is 6.29. The van der Waals surface area contributed by atoms with Crippen LogP contribution in [0.25, 0.3) is 11.1 Å². The minimum atomic E-state index is -4.09. The zero-order valence-electron chi connectivity index (χ0n) is 14.2. The Bertz CT molecular complexity index is 1070. The molecule has 27 heavy (non-hydrogen) atoms. The van der Waals surface area contributed by atoms with Crippen LogP contribution in [-0.2, 0) is 19.4 Å². The van der Waals surface area contributed by atoms with Crippen LogP contribution in [0, 0.1) is 11.6 Å². The topological polar surface area (TPSA) is 69.7 Å². The van der Waals surface area contributed by atoms with Gasteiger partial charge in [0.15, 0.2) is 9.84 Å². The van der Waals surface area contributed by atoms with E-state index >= 15 is 0 Å². The normalized spacial score (nSPS) is 14.5. The summed E-state index contributed by atoms with van der Waals surface area (Å²) in [6.07, 6.45) is 0.709. The van der Waals surface area contributed by atoms with Gasteiger partial charge in [0.05, 0.1) is 17.7 Å². The predicted molar refractivity (Wildman–Crippen MR) is 95.2 cm³/mol. The fraction of sp³-hybridized carbons (Fsp3) is 0.167. The highest BCUT2D eigenvalue weighted by molar-refractivity contribution is 7.90. The number of esters is 1. The van der Waals surface area contributed by atoms with Crippen molar-refractivity contribution in [1.82, 2.24) is 0 Å². The fourth-order valence-electron chi connectivity index (χ4n) is 2.83. The van der Waals surface area contributed by atoms with Crippen molar-refractivity contribution < 1.29 is 31.5 Å². The molecule has 0 unspecified atom stereocenters. The largest absolute Gasteiger partial charge is 0.495 e. The number of methoxy groups -OCH3 is 1. The number of cyclic esters (lactones) is 1. The van der Waals surface area contributed by atoms with E-state index in [9.17, 15) is 22.0 Å². The summed E-state index contributed by atoms with van der Waals surface area (Å²) in [4.78, 5) is 11.2. The third-order valence-electron chi connectivity index (χ3n) is 4.01. The van der Waals surface area contributed by atoms with Gasteiger partial charge >= 0.3 is 5.97 Å². The summed E-state index contributed by atoms with van der Waals surface area (Å²) >= 11 is 5.98. The Labute approximate surface area is 159 Å². The number of halogens is 3. The SMILES string of the molecule is COc1cc(C2=C(c3cc(F)c(S(C)(=O)=O)c(F)c3)COC2=O)ccc1Cl. The molecule has 0 spiro atoms. The molecule has 0 amide bonds. The van der Waals surface area contributed by atoms with E-state index in [2.05, 4.69) is 0 Å². The van der Waals surface area contributed by atoms with Crippen LogP contribution in [0.4, 0.5) is 8.78 Å². The van der Waals surface area contributed by atoms with Crippen molar-refractivity contribution in [3.05, 3.63) is 58.1 Å². The van der Waals surface area contributed by atoms with Gasteiger partial charge in [-0.1, -0.05) is 17.7 Å². The molecule has 0 bridgehead atoms. The van der Waals surface area contributed by atoms with Crippen LogP contribution in [0.2, 0.25) is 5.02 Å². The van der Waals surface area contributed by atoms with Gasteiger partial charge < -0.3 is 9.47 Å². The quantitative estimate of drug-likeness (QED) is 0.716. The number of sulfone groups is 1. The van der Waals surface area contributed by atoms with Crippen molar-refractivity contribution in [3.63, 3.8) is 0 Å². The van der Waals surface area contributed by atoms with Gasteiger partial charge in [0.2, 0.25) is 0 Å². The van der Waals surface area contributed by atoms with E-state index in [1.165, 1.54) is 19.2 Å². The highest BCUT2D eigenvalue weighted by Gasteiger charge is 2.30. The third kappa shape index (κ3) is 3.54. The van der Waals surface area contributed by atoms with E-state index in [1.807, 2.05) is 0 Å². The second-order valence-electron chi connectivity index (χ2n) is 5.82. The van der Waals surface area contributed by atoms with E-state index in [0.29, 0.717) is 22.6 Å². The Morgan fingerprint density at radius 2 is 1.74 bits per heavy atom. The van der Waals surface area contributed by atoms with Crippen LogP contribution < -0.4 is 4.74 Å². The van der Waals surface area contributed by atoms with Crippen molar-refractivity contribution in [2.75, 3.05) is 20.0 Å². The molecule has 1 aliphatic rings. The first-order valence-corrected chi connectivity index (χ1v) is 9.84. The lowest BCUT2D eigenvalue weighted by atomic mass is 9.96. The molecule has 0 aromatic heterocycles. The monoisotopic (exact) mass is 414 g/mol. The molecule has 142 valence electrons. The number of rotatable bonds is 4. The number of carbonyl (C=O) groups excluding carboxylic acids is 1. The highest BCUT2D eigenvalue weighted by Crippen LogP contribution is 2.37. The third-order valence-corrected chi connectivity index (χ3v) is 5.45. The number of carbonyl (C=O) groups is 1. The van der Waals surface area contributed by atoms with Crippen LogP contribution in [0.5, 0.6) is 5.75 Å². The zero-order chi connectivity index (χ0) is 19.9. The average Bonchev–Trinajstić information content (AvgIpc) is 2.95. The molecule has 2 aromatic carbocycles. The number of hydrogen-bond acceptors (Lipinski definition) is 5. The maximum atomic E-state index is 14.3. The molecule has 1 aliphatic heterocycles. The lowest BCUT2D eigenvalue weighted by Crippen LogP contribution is -2.06. The van der Waals surface area contributed by atoms with Gasteiger partial charge in [-0.15, -0.1) is 0 Å².